The molecule has 2 heterocycles. The highest BCUT2D eigenvalue weighted by Gasteiger charge is 2.30. The molecule has 216 valence electrons. The van der Waals surface area contributed by atoms with Crippen molar-refractivity contribution in [3.8, 4) is 5.75 Å². The van der Waals surface area contributed by atoms with Crippen molar-refractivity contribution >= 4 is 29.4 Å². The van der Waals surface area contributed by atoms with E-state index in [1.807, 2.05) is 0 Å². The third-order valence-corrected chi connectivity index (χ3v) is 6.15. The minimum atomic E-state index is -1.91. The number of ether oxygens (including phenoxy) is 1. The summed E-state index contributed by atoms with van der Waals surface area (Å²) < 4.78 is 60.1. The molecule has 3 rings (SSSR count). The molecule has 2 aromatic rings. The van der Waals surface area contributed by atoms with E-state index < -0.39 is 83.4 Å². The maximum Gasteiger partial charge on any atom is 0.321 e. The molecule has 3 N–H and O–H groups in total. The summed E-state index contributed by atoms with van der Waals surface area (Å²) in [4.78, 5) is 64.0. The number of pyridine rings is 1. The van der Waals surface area contributed by atoms with E-state index in [4.69, 9.17) is 0 Å². The molecule has 40 heavy (non-hydrogen) atoms. The van der Waals surface area contributed by atoms with Gasteiger partial charge >= 0.3 is 12.0 Å². The normalized spacial score (nSPS) is 14.4. The smallest absolute Gasteiger partial charge is 0.321 e. The lowest BCUT2D eigenvalue weighted by molar-refractivity contribution is -0.140. The van der Waals surface area contributed by atoms with E-state index in [9.17, 15) is 46.6 Å². The number of Topliss-reactive ketones (excluding diaryl/α,β-unsaturated/α-hetero) is 1. The number of hydrogen-bond acceptors (Lipinski definition) is 6. The average molecular weight is 570 g/mol. The van der Waals surface area contributed by atoms with Gasteiger partial charge in [-0.3, -0.25) is 19.2 Å². The largest absolute Gasteiger partial charge is 0.481 e. The van der Waals surface area contributed by atoms with Crippen LogP contribution in [0, 0.1) is 23.3 Å². The van der Waals surface area contributed by atoms with Crippen molar-refractivity contribution in [3.05, 3.63) is 58.0 Å². The lowest BCUT2D eigenvalue weighted by Crippen LogP contribution is -2.48. The zero-order valence-corrected chi connectivity index (χ0v) is 21.2. The maximum atomic E-state index is 13.8. The fraction of sp³-hybridized carbons (Fsp3) is 0.400. The van der Waals surface area contributed by atoms with Gasteiger partial charge in [-0.15, -0.1) is 0 Å². The van der Waals surface area contributed by atoms with Gasteiger partial charge in [0.1, 0.15) is 24.4 Å². The van der Waals surface area contributed by atoms with Gasteiger partial charge in [0.05, 0.1) is 6.42 Å². The van der Waals surface area contributed by atoms with Crippen LogP contribution in [0.1, 0.15) is 38.6 Å². The minimum Gasteiger partial charge on any atom is -0.481 e. The minimum absolute atomic E-state index is 0.00125. The molecule has 3 amide bonds. The first kappa shape index (κ1) is 30.1. The Hall–Kier alpha value is -4.43. The number of urea groups is 1. The number of aliphatic carboxylic acids is 1. The van der Waals surface area contributed by atoms with E-state index in [1.54, 1.807) is 0 Å². The molecule has 15 heteroatoms. The Morgan fingerprint density at radius 2 is 1.70 bits per heavy atom. The van der Waals surface area contributed by atoms with Gasteiger partial charge in [-0.1, -0.05) is 6.92 Å². The number of carbonyl (C=O) groups excluding carboxylic acids is 3. The van der Waals surface area contributed by atoms with Gasteiger partial charge in [-0.25, -0.2) is 13.6 Å². The quantitative estimate of drug-likeness (QED) is 0.278. The van der Waals surface area contributed by atoms with Crippen LogP contribution < -0.4 is 20.9 Å². The standard InChI is InChI=1S/C25H26F4N4O7/c1-2-17(33-9-5-6-15(24(33)38)31-25(39)32-7-3-4-8-32)23(37)30-16(11-19(35)36)18(34)12-40-22-20(28)13(26)10-14(27)21(22)29/h5-6,9-10,16-17H,2-4,7-8,11-12H2,1H3,(H,30,37)(H,31,39)(H,35,36)/t16?,17-/m0/s1. The molecule has 1 aliphatic heterocycles. The number of likely N-dealkylation sites (tertiary alicyclic amines) is 1. The molecular weight excluding hydrogens is 544 g/mol. The number of nitrogens with zero attached hydrogens (tertiary/aromatic N) is 2. The molecule has 0 radical (unpaired) electrons. The first-order chi connectivity index (χ1) is 18.9. The lowest BCUT2D eigenvalue weighted by atomic mass is 10.1. The Labute approximate surface area is 224 Å². The molecule has 0 saturated carbocycles. The van der Waals surface area contributed by atoms with Gasteiger partial charge in [0, 0.05) is 25.4 Å². The number of halogens is 4. The predicted molar refractivity (Wildman–Crippen MR) is 131 cm³/mol. The zero-order valence-electron chi connectivity index (χ0n) is 21.2. The van der Waals surface area contributed by atoms with Crippen LogP contribution in [0.25, 0.3) is 0 Å². The molecule has 1 unspecified atom stereocenters. The van der Waals surface area contributed by atoms with Crippen LogP contribution in [0.4, 0.5) is 28.0 Å². The summed E-state index contributed by atoms with van der Waals surface area (Å²) in [5, 5.41) is 13.9. The number of carbonyl (C=O) groups is 4. The Balaban J connectivity index is 1.77. The summed E-state index contributed by atoms with van der Waals surface area (Å²) in [5.74, 6) is -12.6. The Bertz CT molecular complexity index is 1340. The molecule has 2 atom stereocenters. The van der Waals surface area contributed by atoms with Crippen molar-refractivity contribution < 1.29 is 46.6 Å². The van der Waals surface area contributed by atoms with Crippen LogP contribution in [0.5, 0.6) is 5.75 Å². The van der Waals surface area contributed by atoms with Crippen LogP contribution in [-0.4, -0.2) is 64.0 Å². The number of ketones is 1. The molecule has 1 aromatic heterocycles. The summed E-state index contributed by atoms with van der Waals surface area (Å²) in [5.41, 5.74) is -0.843. The summed E-state index contributed by atoms with van der Waals surface area (Å²) in [6.07, 6.45) is 1.94. The van der Waals surface area contributed by atoms with Crippen molar-refractivity contribution in [2.75, 3.05) is 25.0 Å². The third-order valence-electron chi connectivity index (χ3n) is 6.15. The van der Waals surface area contributed by atoms with Gasteiger partial charge in [0.25, 0.3) is 5.56 Å². The van der Waals surface area contributed by atoms with Gasteiger partial charge in [-0.2, -0.15) is 8.78 Å². The molecule has 0 aliphatic carbocycles. The third kappa shape index (κ3) is 6.95. The van der Waals surface area contributed by atoms with Gasteiger partial charge in [0.15, 0.2) is 23.2 Å². The Kier molecular flexibility index (Phi) is 9.85. The van der Waals surface area contributed by atoms with E-state index in [0.717, 1.165) is 17.4 Å². The number of anilines is 1. The molecule has 0 spiro atoms. The number of carboxylic acids is 1. The zero-order chi connectivity index (χ0) is 29.6. The second-order valence-corrected chi connectivity index (χ2v) is 8.89. The van der Waals surface area contributed by atoms with E-state index in [-0.39, 0.29) is 18.2 Å². The number of aromatic nitrogens is 1. The lowest BCUT2D eigenvalue weighted by Gasteiger charge is -2.23. The summed E-state index contributed by atoms with van der Waals surface area (Å²) in [6, 6.07) is -0.842. The number of hydrogen-bond donors (Lipinski definition) is 3. The number of rotatable bonds is 11. The second-order valence-electron chi connectivity index (χ2n) is 8.89. The van der Waals surface area contributed by atoms with Crippen LogP contribution in [0.15, 0.2) is 29.2 Å². The van der Waals surface area contributed by atoms with Gasteiger partial charge < -0.3 is 29.9 Å². The van der Waals surface area contributed by atoms with E-state index in [1.165, 1.54) is 30.2 Å². The van der Waals surface area contributed by atoms with E-state index in [2.05, 4.69) is 15.4 Å². The van der Waals surface area contributed by atoms with Crippen LogP contribution >= 0.6 is 0 Å². The van der Waals surface area contributed by atoms with E-state index >= 15 is 0 Å². The second kappa shape index (κ2) is 13.1. The number of nitrogens with one attached hydrogen (secondary N) is 2. The number of amides is 3. The monoisotopic (exact) mass is 570 g/mol. The highest BCUT2D eigenvalue weighted by Crippen LogP contribution is 2.26. The average Bonchev–Trinajstić information content (AvgIpc) is 3.44. The summed E-state index contributed by atoms with van der Waals surface area (Å²) in [6.45, 7) is 1.35. The fourth-order valence-corrected chi connectivity index (χ4v) is 4.08. The number of carboxylic acid groups (broad SMARTS) is 1. The van der Waals surface area contributed by atoms with Crippen LogP contribution in [0.3, 0.4) is 0 Å². The summed E-state index contributed by atoms with van der Waals surface area (Å²) >= 11 is 0. The molecule has 1 saturated heterocycles. The predicted octanol–water partition coefficient (Wildman–Crippen LogP) is 2.59. The fourth-order valence-electron chi connectivity index (χ4n) is 4.08. The van der Waals surface area contributed by atoms with Crippen molar-refractivity contribution in [2.24, 2.45) is 0 Å². The summed E-state index contributed by atoms with van der Waals surface area (Å²) in [7, 11) is 0. The molecule has 1 aliphatic rings. The van der Waals surface area contributed by atoms with Gasteiger partial charge in [-0.05, 0) is 31.4 Å². The van der Waals surface area contributed by atoms with Gasteiger partial charge in [0.2, 0.25) is 17.5 Å². The van der Waals surface area contributed by atoms with E-state index in [0.29, 0.717) is 13.1 Å². The van der Waals surface area contributed by atoms with Crippen molar-refractivity contribution in [1.29, 1.82) is 0 Å². The SMILES string of the molecule is CC[C@@H](C(=O)NC(CC(=O)O)C(=O)COc1c(F)c(F)cc(F)c1F)n1cccc(NC(=O)N2CCCC2)c1=O. The molecule has 11 nitrogen and oxygen atoms in total. The number of benzene rings is 1. The van der Waals surface area contributed by atoms with Crippen molar-refractivity contribution in [2.45, 2.75) is 44.7 Å². The van der Waals surface area contributed by atoms with Crippen molar-refractivity contribution in [1.82, 2.24) is 14.8 Å². The maximum absolute atomic E-state index is 13.8. The van der Waals surface area contributed by atoms with Crippen LogP contribution in [0.2, 0.25) is 0 Å². The molecule has 1 fully saturated rings. The highest BCUT2D eigenvalue weighted by atomic mass is 19.2. The molecule has 1 aromatic carbocycles. The first-order valence-electron chi connectivity index (χ1n) is 12.2. The Morgan fingerprint density at radius 1 is 1.07 bits per heavy atom. The van der Waals surface area contributed by atoms with Crippen LogP contribution in [-0.2, 0) is 14.4 Å². The highest BCUT2D eigenvalue weighted by molar-refractivity contribution is 5.94. The molecular formula is C25H26F4N4O7. The van der Waals surface area contributed by atoms with Crippen molar-refractivity contribution in [3.63, 3.8) is 0 Å². The topological polar surface area (TPSA) is 147 Å². The Morgan fingerprint density at radius 3 is 2.27 bits per heavy atom. The first-order valence-corrected chi connectivity index (χ1v) is 12.2. The molecule has 0 bridgehead atoms.